The number of rotatable bonds is 7. The van der Waals surface area contributed by atoms with Crippen molar-refractivity contribution in [3.63, 3.8) is 0 Å². The number of benzene rings is 1. The molecule has 108 valence electrons. The number of hydrogen-bond acceptors (Lipinski definition) is 3. The summed E-state index contributed by atoms with van der Waals surface area (Å²) < 4.78 is 10.1. The average molecular weight is 266 g/mol. The van der Waals surface area contributed by atoms with E-state index in [0.29, 0.717) is 12.3 Å². The Hall–Kier alpha value is -1.19. The van der Waals surface area contributed by atoms with Gasteiger partial charge in [0, 0.05) is 19.6 Å². The predicted molar refractivity (Wildman–Crippen MR) is 78.3 cm³/mol. The molecular formula is C16H26O3. The Morgan fingerprint density at radius 3 is 2.00 bits per heavy atom. The van der Waals surface area contributed by atoms with E-state index < -0.39 is 0 Å². The molecule has 3 heteroatoms. The predicted octanol–water partition coefficient (Wildman–Crippen LogP) is 3.78. The fourth-order valence-corrected chi connectivity index (χ4v) is 1.58. The van der Waals surface area contributed by atoms with Gasteiger partial charge in [-0.2, -0.15) is 0 Å². The van der Waals surface area contributed by atoms with E-state index in [4.69, 9.17) is 9.47 Å². The molecule has 0 N–H and O–H groups in total. The van der Waals surface area contributed by atoms with E-state index in [0.717, 1.165) is 19.5 Å². The van der Waals surface area contributed by atoms with Gasteiger partial charge in [0.2, 0.25) is 0 Å². The summed E-state index contributed by atoms with van der Waals surface area (Å²) in [6, 6.07) is 10.1. The van der Waals surface area contributed by atoms with Crippen LogP contribution in [0.2, 0.25) is 0 Å². The summed E-state index contributed by atoms with van der Waals surface area (Å²) in [4.78, 5) is 10.2. The summed E-state index contributed by atoms with van der Waals surface area (Å²) in [6.07, 6.45) is 1.55. The molecule has 19 heavy (non-hydrogen) atoms. The summed E-state index contributed by atoms with van der Waals surface area (Å²) in [5.41, 5.74) is 1.24. The third-order valence-electron chi connectivity index (χ3n) is 2.62. The first kappa shape index (κ1) is 17.8. The quantitative estimate of drug-likeness (QED) is 0.556. The van der Waals surface area contributed by atoms with Gasteiger partial charge in [-0.15, -0.1) is 0 Å². The van der Waals surface area contributed by atoms with E-state index in [1.54, 1.807) is 0 Å². The highest BCUT2D eigenvalue weighted by Gasteiger charge is 2.01. The van der Waals surface area contributed by atoms with Crippen molar-refractivity contribution in [2.45, 2.75) is 46.3 Å². The molecule has 0 bridgehead atoms. The van der Waals surface area contributed by atoms with Gasteiger partial charge in [0.05, 0.1) is 0 Å². The summed E-state index contributed by atoms with van der Waals surface area (Å²) in [5, 5.41) is 0. The monoisotopic (exact) mass is 266 g/mol. The van der Waals surface area contributed by atoms with Gasteiger partial charge in [-0.3, -0.25) is 0 Å². The molecular weight excluding hydrogens is 240 g/mol. The van der Waals surface area contributed by atoms with Gasteiger partial charge in [-0.25, -0.2) is 0 Å². The fourth-order valence-electron chi connectivity index (χ4n) is 1.58. The van der Waals surface area contributed by atoms with Crippen molar-refractivity contribution in [2.75, 3.05) is 13.2 Å². The second kappa shape index (κ2) is 11.9. The van der Waals surface area contributed by atoms with Crippen LogP contribution in [0.5, 0.6) is 0 Å². The van der Waals surface area contributed by atoms with Gasteiger partial charge in [-0.1, -0.05) is 37.3 Å². The van der Waals surface area contributed by atoms with E-state index in [1.807, 2.05) is 51.1 Å². The van der Waals surface area contributed by atoms with Crippen LogP contribution in [-0.2, 0) is 14.3 Å². The van der Waals surface area contributed by atoms with Crippen molar-refractivity contribution in [1.29, 1.82) is 0 Å². The number of carbonyl (C=O) groups is 1. The van der Waals surface area contributed by atoms with Crippen molar-refractivity contribution in [2.24, 2.45) is 0 Å². The van der Waals surface area contributed by atoms with Gasteiger partial charge in [0.1, 0.15) is 6.29 Å². The maximum atomic E-state index is 10.2. The molecule has 1 aromatic carbocycles. The van der Waals surface area contributed by atoms with Crippen LogP contribution in [0.4, 0.5) is 0 Å². The Balaban J connectivity index is 0.000000362. The summed E-state index contributed by atoms with van der Waals surface area (Å²) in [7, 11) is 0. The molecule has 0 radical (unpaired) electrons. The van der Waals surface area contributed by atoms with Crippen LogP contribution in [0, 0.1) is 0 Å². The Morgan fingerprint density at radius 2 is 1.58 bits per heavy atom. The first-order valence-corrected chi connectivity index (χ1v) is 6.87. The van der Waals surface area contributed by atoms with Crippen molar-refractivity contribution in [3.8, 4) is 0 Å². The molecule has 0 saturated heterocycles. The van der Waals surface area contributed by atoms with Gasteiger partial charge >= 0.3 is 0 Å². The number of hydrogen-bond donors (Lipinski definition) is 0. The molecule has 0 spiro atoms. The molecule has 1 unspecified atom stereocenters. The van der Waals surface area contributed by atoms with E-state index >= 15 is 0 Å². The van der Waals surface area contributed by atoms with Crippen molar-refractivity contribution in [3.05, 3.63) is 35.9 Å². The van der Waals surface area contributed by atoms with Crippen molar-refractivity contribution >= 4 is 6.29 Å². The van der Waals surface area contributed by atoms with Gasteiger partial charge in [0.15, 0.2) is 6.29 Å². The van der Waals surface area contributed by atoms with Crippen LogP contribution in [0.15, 0.2) is 30.3 Å². The Morgan fingerprint density at radius 1 is 1.05 bits per heavy atom. The molecule has 0 aliphatic carbocycles. The number of ether oxygens (including phenoxy) is 2. The summed E-state index contributed by atoms with van der Waals surface area (Å²) in [5.74, 6) is 0.355. The van der Waals surface area contributed by atoms with Crippen LogP contribution in [0.1, 0.15) is 45.6 Å². The third-order valence-corrected chi connectivity index (χ3v) is 2.62. The lowest BCUT2D eigenvalue weighted by molar-refractivity contribution is -0.123. The second-order valence-corrected chi connectivity index (χ2v) is 4.19. The molecule has 0 fully saturated rings. The second-order valence-electron chi connectivity index (χ2n) is 4.19. The third kappa shape index (κ3) is 9.40. The Bertz CT molecular complexity index is 305. The Kier molecular flexibility index (Phi) is 11.1. The summed E-state index contributed by atoms with van der Waals surface area (Å²) >= 11 is 0. The van der Waals surface area contributed by atoms with Crippen LogP contribution in [0.3, 0.4) is 0 Å². The van der Waals surface area contributed by atoms with Crippen LogP contribution < -0.4 is 0 Å². The molecule has 1 atom stereocenters. The summed E-state index contributed by atoms with van der Waals surface area (Å²) in [6.45, 7) is 9.31. The van der Waals surface area contributed by atoms with Crippen LogP contribution >= 0.6 is 0 Å². The molecule has 3 nitrogen and oxygen atoms in total. The van der Waals surface area contributed by atoms with Crippen molar-refractivity contribution in [1.82, 2.24) is 0 Å². The lowest BCUT2D eigenvalue weighted by atomic mass is 9.99. The normalized spacial score (nSPS) is 11.6. The molecule has 0 aromatic heterocycles. The van der Waals surface area contributed by atoms with E-state index in [1.165, 1.54) is 5.56 Å². The zero-order valence-corrected chi connectivity index (χ0v) is 12.5. The standard InChI is InChI=1S/C10H12O.C6H14O2/c1-9(7-8-11)10-5-3-2-4-6-10;1-4-7-6(3)8-5-2/h2-6,8-9H,7H2,1H3;6H,4-5H2,1-3H3. The van der Waals surface area contributed by atoms with Crippen LogP contribution in [-0.4, -0.2) is 25.8 Å². The van der Waals surface area contributed by atoms with Crippen LogP contribution in [0.25, 0.3) is 0 Å². The molecule has 1 aromatic rings. The fraction of sp³-hybridized carbons (Fsp3) is 0.562. The smallest absolute Gasteiger partial charge is 0.154 e. The average Bonchev–Trinajstić information content (AvgIpc) is 2.41. The lowest BCUT2D eigenvalue weighted by Gasteiger charge is -2.09. The molecule has 0 heterocycles. The highest BCUT2D eigenvalue weighted by atomic mass is 16.7. The van der Waals surface area contributed by atoms with Crippen molar-refractivity contribution < 1.29 is 14.3 Å². The number of aldehydes is 1. The SMILES string of the molecule is CC(CC=O)c1ccccc1.CCOC(C)OCC. The number of carbonyl (C=O) groups excluding carboxylic acids is 1. The van der Waals surface area contributed by atoms with E-state index in [2.05, 4.69) is 6.92 Å². The van der Waals surface area contributed by atoms with Gasteiger partial charge in [0.25, 0.3) is 0 Å². The topological polar surface area (TPSA) is 35.5 Å². The minimum Gasteiger partial charge on any atom is -0.353 e. The molecule has 0 amide bonds. The van der Waals surface area contributed by atoms with E-state index in [9.17, 15) is 4.79 Å². The molecule has 0 aliphatic heterocycles. The maximum absolute atomic E-state index is 10.2. The highest BCUT2D eigenvalue weighted by Crippen LogP contribution is 2.16. The molecule has 0 saturated carbocycles. The minimum atomic E-state index is -0.0370. The lowest BCUT2D eigenvalue weighted by Crippen LogP contribution is -2.11. The van der Waals surface area contributed by atoms with E-state index in [-0.39, 0.29) is 6.29 Å². The maximum Gasteiger partial charge on any atom is 0.154 e. The highest BCUT2D eigenvalue weighted by molar-refractivity contribution is 5.51. The zero-order valence-electron chi connectivity index (χ0n) is 12.5. The minimum absolute atomic E-state index is 0.0370. The first-order chi connectivity index (χ1) is 9.15. The van der Waals surface area contributed by atoms with Gasteiger partial charge in [-0.05, 0) is 32.3 Å². The van der Waals surface area contributed by atoms with Gasteiger partial charge < -0.3 is 14.3 Å². The molecule has 0 aliphatic rings. The zero-order chi connectivity index (χ0) is 14.5. The largest absolute Gasteiger partial charge is 0.353 e. The first-order valence-electron chi connectivity index (χ1n) is 6.87. The molecule has 1 rings (SSSR count). The Labute approximate surface area is 116 Å².